The van der Waals surface area contributed by atoms with Gasteiger partial charge < -0.3 is 4.74 Å². The van der Waals surface area contributed by atoms with Gasteiger partial charge in [0, 0.05) is 18.0 Å². The minimum Gasteiger partial charge on any atom is -0.491 e. The van der Waals surface area contributed by atoms with Crippen LogP contribution in [0, 0.1) is 0 Å². The lowest BCUT2D eigenvalue weighted by molar-refractivity contribution is 0.325. The van der Waals surface area contributed by atoms with E-state index in [1.165, 1.54) is 5.56 Å². The highest BCUT2D eigenvalue weighted by Crippen LogP contribution is 2.22. The van der Waals surface area contributed by atoms with Crippen molar-refractivity contribution < 1.29 is 4.74 Å². The smallest absolute Gasteiger partial charge is 0.145 e. The fourth-order valence-corrected chi connectivity index (χ4v) is 2.12. The summed E-state index contributed by atoms with van der Waals surface area (Å²) >= 11 is 0. The first-order valence-electron chi connectivity index (χ1n) is 6.44. The van der Waals surface area contributed by atoms with Crippen LogP contribution < -0.4 is 4.74 Å². The minimum atomic E-state index is 0.666. The number of benzene rings is 2. The van der Waals surface area contributed by atoms with Crippen molar-refractivity contribution >= 4 is 10.9 Å². The minimum absolute atomic E-state index is 0.666. The van der Waals surface area contributed by atoms with Gasteiger partial charge >= 0.3 is 0 Å². The zero-order valence-electron chi connectivity index (χ0n) is 10.6. The van der Waals surface area contributed by atoms with Gasteiger partial charge in [-0.3, -0.25) is 4.98 Å². The molecular formula is C17H15NO. The summed E-state index contributed by atoms with van der Waals surface area (Å²) in [5.41, 5.74) is 2.22. The molecule has 0 saturated heterocycles. The third kappa shape index (κ3) is 2.74. The summed E-state index contributed by atoms with van der Waals surface area (Å²) in [5.74, 6) is 0.856. The Kier molecular flexibility index (Phi) is 3.41. The van der Waals surface area contributed by atoms with Crippen molar-refractivity contribution in [2.24, 2.45) is 0 Å². The fourth-order valence-electron chi connectivity index (χ4n) is 2.12. The van der Waals surface area contributed by atoms with Crippen LogP contribution in [0.3, 0.4) is 0 Å². The van der Waals surface area contributed by atoms with Gasteiger partial charge in [0.2, 0.25) is 0 Å². The molecule has 0 atom stereocenters. The van der Waals surface area contributed by atoms with Gasteiger partial charge in [0.1, 0.15) is 11.3 Å². The molecule has 1 aromatic heterocycles. The van der Waals surface area contributed by atoms with E-state index < -0.39 is 0 Å². The number of ether oxygens (including phenoxy) is 1. The Hall–Kier alpha value is -2.35. The molecule has 2 heteroatoms. The molecule has 3 rings (SSSR count). The van der Waals surface area contributed by atoms with Crippen molar-refractivity contribution in [3.05, 3.63) is 72.4 Å². The number of nitrogens with zero attached hydrogens (tertiary/aromatic N) is 1. The Bertz CT molecular complexity index is 659. The molecule has 19 heavy (non-hydrogen) atoms. The predicted octanol–water partition coefficient (Wildman–Crippen LogP) is 3.86. The molecule has 0 aliphatic heterocycles. The summed E-state index contributed by atoms with van der Waals surface area (Å²) in [5, 5.41) is 1.11. The molecule has 0 aliphatic carbocycles. The molecule has 1 heterocycles. The van der Waals surface area contributed by atoms with Gasteiger partial charge in [0.25, 0.3) is 0 Å². The van der Waals surface area contributed by atoms with E-state index in [9.17, 15) is 0 Å². The van der Waals surface area contributed by atoms with E-state index in [0.717, 1.165) is 23.1 Å². The summed E-state index contributed by atoms with van der Waals surface area (Å²) in [6.45, 7) is 0.666. The zero-order chi connectivity index (χ0) is 12.9. The summed E-state index contributed by atoms with van der Waals surface area (Å²) in [6, 6.07) is 20.4. The van der Waals surface area contributed by atoms with E-state index in [-0.39, 0.29) is 0 Å². The molecule has 0 radical (unpaired) electrons. The number of pyridine rings is 1. The average molecular weight is 249 g/mol. The van der Waals surface area contributed by atoms with Crippen LogP contribution in [0.4, 0.5) is 0 Å². The molecular weight excluding hydrogens is 234 g/mol. The second-order valence-corrected chi connectivity index (χ2v) is 4.42. The molecule has 0 saturated carbocycles. The Morgan fingerprint density at radius 2 is 1.68 bits per heavy atom. The van der Waals surface area contributed by atoms with E-state index in [1.807, 2.05) is 36.4 Å². The third-order valence-corrected chi connectivity index (χ3v) is 3.09. The van der Waals surface area contributed by atoms with E-state index in [2.05, 4.69) is 29.2 Å². The lowest BCUT2D eigenvalue weighted by Gasteiger charge is -2.08. The van der Waals surface area contributed by atoms with Crippen LogP contribution >= 0.6 is 0 Å². The standard InChI is InChI=1S/C17H15NO/c1-2-6-14(7-3-1)11-13-19-16-10-4-8-15-9-5-12-18-17(15)16/h1-10,12H,11,13H2. The fraction of sp³-hybridized carbons (Fsp3) is 0.118. The Balaban J connectivity index is 1.72. The molecule has 0 aliphatic rings. The molecule has 0 fully saturated rings. The Morgan fingerprint density at radius 3 is 2.58 bits per heavy atom. The summed E-state index contributed by atoms with van der Waals surface area (Å²) in [6.07, 6.45) is 2.70. The van der Waals surface area contributed by atoms with Crippen molar-refractivity contribution in [3.8, 4) is 5.75 Å². The lowest BCUT2D eigenvalue weighted by Crippen LogP contribution is -2.01. The number of para-hydroxylation sites is 1. The normalized spacial score (nSPS) is 10.5. The predicted molar refractivity (Wildman–Crippen MR) is 77.4 cm³/mol. The van der Waals surface area contributed by atoms with Gasteiger partial charge in [0.15, 0.2) is 0 Å². The van der Waals surface area contributed by atoms with Gasteiger partial charge in [-0.05, 0) is 17.7 Å². The van der Waals surface area contributed by atoms with E-state index >= 15 is 0 Å². The first-order valence-corrected chi connectivity index (χ1v) is 6.44. The highest BCUT2D eigenvalue weighted by Gasteiger charge is 2.02. The largest absolute Gasteiger partial charge is 0.491 e. The quantitative estimate of drug-likeness (QED) is 0.700. The van der Waals surface area contributed by atoms with Crippen molar-refractivity contribution in [3.63, 3.8) is 0 Å². The van der Waals surface area contributed by atoms with Crippen molar-refractivity contribution in [2.45, 2.75) is 6.42 Å². The number of aromatic nitrogens is 1. The highest BCUT2D eigenvalue weighted by molar-refractivity contribution is 5.84. The SMILES string of the molecule is c1ccc(CCOc2cccc3cccnc23)cc1. The van der Waals surface area contributed by atoms with Gasteiger partial charge in [0.05, 0.1) is 6.61 Å². The molecule has 0 amide bonds. The first kappa shape index (κ1) is 11.7. The van der Waals surface area contributed by atoms with Crippen LogP contribution in [0.25, 0.3) is 10.9 Å². The number of rotatable bonds is 4. The molecule has 0 spiro atoms. The van der Waals surface area contributed by atoms with E-state index in [0.29, 0.717) is 6.61 Å². The topological polar surface area (TPSA) is 22.1 Å². The Labute approximate surface area is 112 Å². The summed E-state index contributed by atoms with van der Waals surface area (Å²) in [7, 11) is 0. The number of hydrogen-bond donors (Lipinski definition) is 0. The second-order valence-electron chi connectivity index (χ2n) is 4.42. The number of hydrogen-bond acceptors (Lipinski definition) is 2. The monoisotopic (exact) mass is 249 g/mol. The van der Waals surface area contributed by atoms with Crippen LogP contribution in [0.15, 0.2) is 66.9 Å². The first-order chi connectivity index (χ1) is 9.43. The van der Waals surface area contributed by atoms with Gasteiger partial charge in [-0.25, -0.2) is 0 Å². The third-order valence-electron chi connectivity index (χ3n) is 3.09. The molecule has 0 bridgehead atoms. The van der Waals surface area contributed by atoms with Crippen LogP contribution in [-0.2, 0) is 6.42 Å². The second kappa shape index (κ2) is 5.53. The maximum absolute atomic E-state index is 5.86. The maximum atomic E-state index is 5.86. The molecule has 94 valence electrons. The van der Waals surface area contributed by atoms with Crippen molar-refractivity contribution in [2.75, 3.05) is 6.61 Å². The number of fused-ring (bicyclic) bond motifs is 1. The van der Waals surface area contributed by atoms with E-state index in [4.69, 9.17) is 4.74 Å². The molecule has 3 aromatic rings. The van der Waals surface area contributed by atoms with Crippen molar-refractivity contribution in [1.82, 2.24) is 4.98 Å². The van der Waals surface area contributed by atoms with Crippen LogP contribution in [0.1, 0.15) is 5.56 Å². The van der Waals surface area contributed by atoms with Crippen LogP contribution in [0.2, 0.25) is 0 Å². The zero-order valence-corrected chi connectivity index (χ0v) is 10.6. The van der Waals surface area contributed by atoms with Gasteiger partial charge in [-0.1, -0.05) is 48.5 Å². The summed E-state index contributed by atoms with van der Waals surface area (Å²) in [4.78, 5) is 4.38. The van der Waals surface area contributed by atoms with Gasteiger partial charge in [-0.2, -0.15) is 0 Å². The highest BCUT2D eigenvalue weighted by atomic mass is 16.5. The van der Waals surface area contributed by atoms with Crippen LogP contribution in [-0.4, -0.2) is 11.6 Å². The summed E-state index contributed by atoms with van der Waals surface area (Å²) < 4.78 is 5.86. The average Bonchev–Trinajstić information content (AvgIpc) is 2.49. The molecule has 2 aromatic carbocycles. The molecule has 0 N–H and O–H groups in total. The molecule has 2 nitrogen and oxygen atoms in total. The van der Waals surface area contributed by atoms with Gasteiger partial charge in [-0.15, -0.1) is 0 Å². The molecule has 0 unspecified atom stereocenters. The lowest BCUT2D eigenvalue weighted by atomic mass is 10.2. The van der Waals surface area contributed by atoms with E-state index in [1.54, 1.807) is 6.20 Å². The maximum Gasteiger partial charge on any atom is 0.145 e. The van der Waals surface area contributed by atoms with Crippen molar-refractivity contribution in [1.29, 1.82) is 0 Å². The Morgan fingerprint density at radius 1 is 0.842 bits per heavy atom. The van der Waals surface area contributed by atoms with Crippen LogP contribution in [0.5, 0.6) is 5.75 Å².